The van der Waals surface area contributed by atoms with Gasteiger partial charge in [-0.3, -0.25) is 4.79 Å². The molecule has 4 heteroatoms. The summed E-state index contributed by atoms with van der Waals surface area (Å²) in [4.78, 5) is 11.3. The Bertz CT molecular complexity index is 341. The largest absolute Gasteiger partial charge is 0.326 e. The van der Waals surface area contributed by atoms with Gasteiger partial charge in [-0.15, -0.1) is 0 Å². The fourth-order valence-corrected chi connectivity index (χ4v) is 1.43. The van der Waals surface area contributed by atoms with Gasteiger partial charge < -0.3 is 5.32 Å². The Labute approximate surface area is 94.1 Å². The van der Waals surface area contributed by atoms with Crippen molar-refractivity contribution in [2.45, 2.75) is 13.3 Å². The summed E-state index contributed by atoms with van der Waals surface area (Å²) in [7, 11) is 0. The minimum atomic E-state index is -0.0367. The zero-order chi connectivity index (χ0) is 10.6. The van der Waals surface area contributed by atoms with Gasteiger partial charge in [0.1, 0.15) is 0 Å². The van der Waals surface area contributed by atoms with Crippen LogP contribution in [-0.4, -0.2) is 11.7 Å². The summed E-state index contributed by atoms with van der Waals surface area (Å²) in [5, 5.41) is 3.44. The van der Waals surface area contributed by atoms with Crippen LogP contribution >= 0.6 is 24.2 Å². The Hall–Kier alpha value is -0.670. The first-order valence-electron chi connectivity index (χ1n) is 4.31. The van der Waals surface area contributed by atoms with Crippen LogP contribution in [0.15, 0.2) is 18.2 Å². The molecule has 0 aromatic heterocycles. The minimum absolute atomic E-state index is 0.0367. The number of benzene rings is 1. The monoisotopic (exact) mass is 229 g/mol. The molecule has 1 rings (SSSR count). The van der Waals surface area contributed by atoms with Crippen LogP contribution < -0.4 is 5.32 Å². The minimum Gasteiger partial charge on any atom is -0.326 e. The van der Waals surface area contributed by atoms with Crippen molar-refractivity contribution in [3.63, 3.8) is 0 Å². The van der Waals surface area contributed by atoms with Gasteiger partial charge in [0.15, 0.2) is 0 Å². The number of carbonyl (C=O) groups is 1. The van der Waals surface area contributed by atoms with Crippen LogP contribution in [0.3, 0.4) is 0 Å². The topological polar surface area (TPSA) is 29.1 Å². The maximum absolute atomic E-state index is 11.3. The summed E-state index contributed by atoms with van der Waals surface area (Å²) >= 11 is 9.89. The van der Waals surface area contributed by atoms with E-state index in [1.54, 1.807) is 6.07 Å². The van der Waals surface area contributed by atoms with E-state index in [-0.39, 0.29) is 5.91 Å². The van der Waals surface area contributed by atoms with Crippen molar-refractivity contribution in [2.24, 2.45) is 0 Å². The van der Waals surface area contributed by atoms with Crippen molar-refractivity contribution in [1.82, 2.24) is 0 Å². The van der Waals surface area contributed by atoms with Crippen LogP contribution in [0.4, 0.5) is 5.69 Å². The average molecular weight is 230 g/mol. The molecule has 1 N–H and O–H groups in total. The van der Waals surface area contributed by atoms with E-state index in [4.69, 9.17) is 11.6 Å². The zero-order valence-electron chi connectivity index (χ0n) is 7.88. The summed E-state index contributed by atoms with van der Waals surface area (Å²) in [6.07, 6.45) is 0.412. The summed E-state index contributed by atoms with van der Waals surface area (Å²) in [6.45, 7) is 1.87. The normalized spacial score (nSPS) is 9.93. The second-order valence-corrected chi connectivity index (χ2v) is 3.79. The maximum Gasteiger partial charge on any atom is 0.225 e. The van der Waals surface area contributed by atoms with Crippen LogP contribution in [0, 0.1) is 6.92 Å². The third kappa shape index (κ3) is 2.93. The number of nitrogens with one attached hydrogen (secondary N) is 1. The van der Waals surface area contributed by atoms with Crippen molar-refractivity contribution in [3.8, 4) is 0 Å². The van der Waals surface area contributed by atoms with Crippen LogP contribution in [-0.2, 0) is 4.79 Å². The Balaban J connectivity index is 2.76. The van der Waals surface area contributed by atoms with Gasteiger partial charge in [-0.05, 0) is 30.4 Å². The fourth-order valence-electron chi connectivity index (χ4n) is 1.06. The Morgan fingerprint density at radius 2 is 2.29 bits per heavy atom. The molecule has 2 nitrogen and oxygen atoms in total. The third-order valence-corrected chi connectivity index (χ3v) is 2.51. The van der Waals surface area contributed by atoms with Crippen LogP contribution in [0.25, 0.3) is 0 Å². The number of hydrogen-bond donors (Lipinski definition) is 2. The molecule has 0 aliphatic rings. The highest BCUT2D eigenvalue weighted by atomic mass is 35.5. The van der Waals surface area contributed by atoms with E-state index in [0.717, 1.165) is 11.3 Å². The lowest BCUT2D eigenvalue weighted by molar-refractivity contribution is -0.115. The lowest BCUT2D eigenvalue weighted by Crippen LogP contribution is -2.12. The molecular formula is C10H12ClNOS. The third-order valence-electron chi connectivity index (χ3n) is 1.88. The first-order chi connectivity index (χ1) is 6.65. The van der Waals surface area contributed by atoms with E-state index in [1.165, 1.54) is 0 Å². The fraction of sp³-hybridized carbons (Fsp3) is 0.300. The Kier molecular flexibility index (Phi) is 4.29. The number of amides is 1. The molecule has 0 saturated carbocycles. The number of hydrogen-bond acceptors (Lipinski definition) is 2. The molecule has 1 aromatic rings. The van der Waals surface area contributed by atoms with Gasteiger partial charge >= 0.3 is 0 Å². The number of anilines is 1. The highest BCUT2D eigenvalue weighted by Crippen LogP contribution is 2.22. The van der Waals surface area contributed by atoms with Crippen LogP contribution in [0.5, 0.6) is 0 Å². The number of carbonyl (C=O) groups excluding carboxylic acids is 1. The summed E-state index contributed by atoms with van der Waals surface area (Å²) in [5.41, 5.74) is 1.66. The molecule has 0 saturated heterocycles. The molecule has 0 fully saturated rings. The molecule has 0 unspecified atom stereocenters. The molecule has 0 aliphatic carbocycles. The van der Waals surface area contributed by atoms with Gasteiger partial charge in [0.25, 0.3) is 0 Å². The van der Waals surface area contributed by atoms with E-state index >= 15 is 0 Å². The number of halogens is 1. The van der Waals surface area contributed by atoms with Crippen molar-refractivity contribution >= 4 is 35.8 Å². The first kappa shape index (κ1) is 11.4. The van der Waals surface area contributed by atoms with Gasteiger partial charge in [-0.2, -0.15) is 12.6 Å². The van der Waals surface area contributed by atoms with Gasteiger partial charge in [0.05, 0.1) is 0 Å². The molecule has 76 valence electrons. The second kappa shape index (κ2) is 5.27. The molecule has 0 bridgehead atoms. The van der Waals surface area contributed by atoms with Crippen molar-refractivity contribution in [2.75, 3.05) is 11.1 Å². The molecule has 0 radical (unpaired) electrons. The summed E-state index contributed by atoms with van der Waals surface area (Å²) < 4.78 is 0. The zero-order valence-corrected chi connectivity index (χ0v) is 9.53. The molecular weight excluding hydrogens is 218 g/mol. The standard InChI is InChI=1S/C10H12ClNOS/c1-7-8(11)3-2-4-9(7)12-10(13)5-6-14/h2-4,14H,5-6H2,1H3,(H,12,13). The smallest absolute Gasteiger partial charge is 0.225 e. The molecule has 14 heavy (non-hydrogen) atoms. The molecule has 0 spiro atoms. The van der Waals surface area contributed by atoms with E-state index in [1.807, 2.05) is 19.1 Å². The lowest BCUT2D eigenvalue weighted by atomic mass is 10.2. The van der Waals surface area contributed by atoms with E-state index < -0.39 is 0 Å². The van der Waals surface area contributed by atoms with Crippen LogP contribution in [0.1, 0.15) is 12.0 Å². The van der Waals surface area contributed by atoms with Crippen molar-refractivity contribution in [3.05, 3.63) is 28.8 Å². The van der Waals surface area contributed by atoms with E-state index in [0.29, 0.717) is 17.2 Å². The van der Waals surface area contributed by atoms with E-state index in [9.17, 15) is 4.79 Å². The first-order valence-corrected chi connectivity index (χ1v) is 5.32. The number of rotatable bonds is 3. The summed E-state index contributed by atoms with van der Waals surface area (Å²) in [6, 6.07) is 5.44. The van der Waals surface area contributed by atoms with Crippen LogP contribution in [0.2, 0.25) is 5.02 Å². The highest BCUT2D eigenvalue weighted by molar-refractivity contribution is 7.80. The highest BCUT2D eigenvalue weighted by Gasteiger charge is 2.05. The predicted octanol–water partition coefficient (Wildman–Crippen LogP) is 2.91. The van der Waals surface area contributed by atoms with Crippen molar-refractivity contribution in [1.29, 1.82) is 0 Å². The Morgan fingerprint density at radius 3 is 2.93 bits per heavy atom. The molecule has 1 amide bonds. The van der Waals surface area contributed by atoms with Gasteiger partial charge in [0.2, 0.25) is 5.91 Å². The molecule has 0 aliphatic heterocycles. The summed E-state index contributed by atoms with van der Waals surface area (Å²) in [5.74, 6) is 0.510. The number of thiol groups is 1. The lowest BCUT2D eigenvalue weighted by Gasteiger charge is -2.08. The van der Waals surface area contributed by atoms with Gasteiger partial charge in [-0.1, -0.05) is 17.7 Å². The van der Waals surface area contributed by atoms with Crippen molar-refractivity contribution < 1.29 is 4.79 Å². The molecule has 0 atom stereocenters. The molecule has 0 heterocycles. The Morgan fingerprint density at radius 1 is 1.57 bits per heavy atom. The van der Waals surface area contributed by atoms with E-state index in [2.05, 4.69) is 17.9 Å². The quantitative estimate of drug-likeness (QED) is 0.767. The average Bonchev–Trinajstić information content (AvgIpc) is 2.13. The van der Waals surface area contributed by atoms with Gasteiger partial charge in [0, 0.05) is 17.1 Å². The predicted molar refractivity (Wildman–Crippen MR) is 63.3 cm³/mol. The SMILES string of the molecule is Cc1c(Cl)cccc1NC(=O)CCS. The second-order valence-electron chi connectivity index (χ2n) is 2.93. The molecule has 1 aromatic carbocycles. The maximum atomic E-state index is 11.3. The van der Waals surface area contributed by atoms with Gasteiger partial charge in [-0.25, -0.2) is 0 Å².